The normalized spacial score (nSPS) is 12.5. The zero-order valence-electron chi connectivity index (χ0n) is 9.83. The molecule has 90 valence electrons. The molecule has 1 atom stereocenters. The van der Waals surface area contributed by atoms with E-state index in [4.69, 9.17) is 15.2 Å². The fourth-order valence-electron chi connectivity index (χ4n) is 1.16. The van der Waals surface area contributed by atoms with Crippen molar-refractivity contribution in [2.45, 2.75) is 45.6 Å². The summed E-state index contributed by atoms with van der Waals surface area (Å²) in [4.78, 5) is 11.1. The van der Waals surface area contributed by atoms with E-state index in [0.29, 0.717) is 13.2 Å². The number of rotatable bonds is 9. The Morgan fingerprint density at radius 2 is 2.00 bits per heavy atom. The molecule has 0 aliphatic carbocycles. The van der Waals surface area contributed by atoms with Gasteiger partial charge in [0.25, 0.3) is 0 Å². The van der Waals surface area contributed by atoms with Crippen molar-refractivity contribution in [1.82, 2.24) is 0 Å². The van der Waals surface area contributed by atoms with Gasteiger partial charge in [-0.05, 0) is 13.3 Å². The predicted molar refractivity (Wildman–Crippen MR) is 59.6 cm³/mol. The van der Waals surface area contributed by atoms with Crippen molar-refractivity contribution in [2.24, 2.45) is 5.73 Å². The Morgan fingerprint density at radius 3 is 2.60 bits per heavy atom. The van der Waals surface area contributed by atoms with Crippen LogP contribution >= 0.6 is 0 Å². The number of esters is 1. The van der Waals surface area contributed by atoms with Crippen LogP contribution in [-0.4, -0.2) is 31.8 Å². The second-order valence-corrected chi connectivity index (χ2v) is 3.49. The topological polar surface area (TPSA) is 61.5 Å². The largest absolute Gasteiger partial charge is 0.465 e. The molecule has 0 aliphatic rings. The average Bonchev–Trinajstić information content (AvgIpc) is 2.23. The smallest absolute Gasteiger partial charge is 0.325 e. The Bertz CT molecular complexity index is 162. The molecule has 15 heavy (non-hydrogen) atoms. The lowest BCUT2D eigenvalue weighted by atomic mass is 10.2. The number of carbonyl (C=O) groups is 1. The van der Waals surface area contributed by atoms with E-state index in [9.17, 15) is 4.79 Å². The first kappa shape index (κ1) is 14.4. The van der Waals surface area contributed by atoms with Crippen LogP contribution in [0.3, 0.4) is 0 Å². The molecule has 1 unspecified atom stereocenters. The summed E-state index contributed by atoms with van der Waals surface area (Å²) in [6.45, 7) is 5.22. The Balaban J connectivity index is 3.30. The van der Waals surface area contributed by atoms with Gasteiger partial charge in [0.05, 0.1) is 13.2 Å². The summed E-state index contributed by atoms with van der Waals surface area (Å²) >= 11 is 0. The maximum atomic E-state index is 11.1. The molecule has 0 radical (unpaired) electrons. The van der Waals surface area contributed by atoms with Crippen LogP contribution in [0.2, 0.25) is 0 Å². The first-order valence-electron chi connectivity index (χ1n) is 5.72. The Kier molecular flexibility index (Phi) is 9.52. The zero-order chi connectivity index (χ0) is 11.5. The minimum atomic E-state index is -0.642. The number of carbonyl (C=O) groups excluding carboxylic acids is 1. The Labute approximate surface area is 92.1 Å². The highest BCUT2D eigenvalue weighted by atomic mass is 16.5. The quantitative estimate of drug-likeness (QED) is 0.469. The molecule has 0 bridgehead atoms. The summed E-state index contributed by atoms with van der Waals surface area (Å²) in [5.74, 6) is -0.383. The summed E-state index contributed by atoms with van der Waals surface area (Å²) in [5, 5.41) is 0. The minimum absolute atomic E-state index is 0.255. The van der Waals surface area contributed by atoms with Crippen molar-refractivity contribution in [3.8, 4) is 0 Å². The van der Waals surface area contributed by atoms with Gasteiger partial charge >= 0.3 is 5.97 Å². The van der Waals surface area contributed by atoms with Gasteiger partial charge in [-0.3, -0.25) is 4.79 Å². The summed E-state index contributed by atoms with van der Waals surface area (Å²) in [6.07, 6.45) is 4.64. The van der Waals surface area contributed by atoms with Gasteiger partial charge in [0.1, 0.15) is 6.04 Å². The molecule has 0 heterocycles. The lowest BCUT2D eigenvalue weighted by Gasteiger charge is -2.10. The van der Waals surface area contributed by atoms with Crippen molar-refractivity contribution in [2.75, 3.05) is 19.8 Å². The first-order chi connectivity index (χ1) is 7.22. The lowest BCUT2D eigenvalue weighted by molar-refractivity contribution is -0.146. The van der Waals surface area contributed by atoms with Crippen LogP contribution in [0, 0.1) is 0 Å². The highest BCUT2D eigenvalue weighted by molar-refractivity contribution is 5.75. The van der Waals surface area contributed by atoms with Crippen LogP contribution in [-0.2, 0) is 14.3 Å². The standard InChI is InChI=1S/C11H23NO3/c1-3-5-6-7-8-14-9-10(12)11(13)15-4-2/h10H,3-9,12H2,1-2H3. The van der Waals surface area contributed by atoms with Gasteiger partial charge < -0.3 is 15.2 Å². The van der Waals surface area contributed by atoms with Crippen molar-refractivity contribution < 1.29 is 14.3 Å². The molecule has 0 aliphatic heterocycles. The van der Waals surface area contributed by atoms with E-state index >= 15 is 0 Å². The van der Waals surface area contributed by atoms with Crippen LogP contribution in [0.5, 0.6) is 0 Å². The molecule has 0 saturated carbocycles. The van der Waals surface area contributed by atoms with E-state index in [-0.39, 0.29) is 12.6 Å². The molecule has 0 aromatic carbocycles. The second kappa shape index (κ2) is 9.93. The maximum Gasteiger partial charge on any atom is 0.325 e. The van der Waals surface area contributed by atoms with E-state index in [1.54, 1.807) is 6.92 Å². The maximum absolute atomic E-state index is 11.1. The number of unbranched alkanes of at least 4 members (excludes halogenated alkanes) is 3. The van der Waals surface area contributed by atoms with Gasteiger partial charge in [-0.1, -0.05) is 26.2 Å². The summed E-state index contributed by atoms with van der Waals surface area (Å²) < 4.78 is 10.0. The third kappa shape index (κ3) is 8.39. The van der Waals surface area contributed by atoms with Crippen molar-refractivity contribution in [3.05, 3.63) is 0 Å². The van der Waals surface area contributed by atoms with Crippen molar-refractivity contribution >= 4 is 5.97 Å². The van der Waals surface area contributed by atoms with Crippen molar-refractivity contribution in [1.29, 1.82) is 0 Å². The van der Waals surface area contributed by atoms with Crippen LogP contribution in [0.1, 0.15) is 39.5 Å². The number of nitrogens with two attached hydrogens (primary N) is 1. The van der Waals surface area contributed by atoms with Gasteiger partial charge in [0.2, 0.25) is 0 Å². The fourth-order valence-corrected chi connectivity index (χ4v) is 1.16. The van der Waals surface area contributed by atoms with Gasteiger partial charge in [0.15, 0.2) is 0 Å². The van der Waals surface area contributed by atoms with E-state index in [1.165, 1.54) is 19.3 Å². The number of hydrogen-bond donors (Lipinski definition) is 1. The van der Waals surface area contributed by atoms with E-state index in [1.807, 2.05) is 0 Å². The first-order valence-corrected chi connectivity index (χ1v) is 5.72. The fraction of sp³-hybridized carbons (Fsp3) is 0.909. The SMILES string of the molecule is CCCCCCOCC(N)C(=O)OCC. The predicted octanol–water partition coefficient (Wildman–Crippen LogP) is 1.47. The molecule has 0 aromatic rings. The highest BCUT2D eigenvalue weighted by Gasteiger charge is 2.13. The van der Waals surface area contributed by atoms with E-state index in [0.717, 1.165) is 6.42 Å². The van der Waals surface area contributed by atoms with Gasteiger partial charge in [-0.15, -0.1) is 0 Å². The molecule has 0 saturated heterocycles. The third-order valence-corrected chi connectivity index (χ3v) is 2.03. The molecular weight excluding hydrogens is 194 g/mol. The van der Waals surface area contributed by atoms with Crippen LogP contribution < -0.4 is 5.73 Å². The molecule has 4 nitrogen and oxygen atoms in total. The summed E-state index contributed by atoms with van der Waals surface area (Å²) in [7, 11) is 0. The summed E-state index contributed by atoms with van der Waals surface area (Å²) in [5.41, 5.74) is 5.54. The molecule has 0 rings (SSSR count). The Hall–Kier alpha value is -0.610. The molecule has 4 heteroatoms. The highest BCUT2D eigenvalue weighted by Crippen LogP contribution is 1.99. The lowest BCUT2D eigenvalue weighted by Crippen LogP contribution is -2.36. The summed E-state index contributed by atoms with van der Waals surface area (Å²) in [6, 6.07) is -0.642. The molecule has 2 N–H and O–H groups in total. The van der Waals surface area contributed by atoms with Crippen LogP contribution in [0.4, 0.5) is 0 Å². The van der Waals surface area contributed by atoms with Crippen LogP contribution in [0.25, 0.3) is 0 Å². The monoisotopic (exact) mass is 217 g/mol. The van der Waals surface area contributed by atoms with Gasteiger partial charge in [0, 0.05) is 6.61 Å². The van der Waals surface area contributed by atoms with Crippen LogP contribution in [0.15, 0.2) is 0 Å². The zero-order valence-corrected chi connectivity index (χ0v) is 9.83. The molecule has 0 amide bonds. The number of hydrogen-bond acceptors (Lipinski definition) is 4. The number of ether oxygens (including phenoxy) is 2. The van der Waals surface area contributed by atoms with E-state index < -0.39 is 6.04 Å². The molecule has 0 aromatic heterocycles. The Morgan fingerprint density at radius 1 is 1.27 bits per heavy atom. The molecule has 0 fully saturated rings. The third-order valence-electron chi connectivity index (χ3n) is 2.03. The van der Waals surface area contributed by atoms with Gasteiger partial charge in [-0.2, -0.15) is 0 Å². The minimum Gasteiger partial charge on any atom is -0.465 e. The second-order valence-electron chi connectivity index (χ2n) is 3.49. The average molecular weight is 217 g/mol. The molecular formula is C11H23NO3. The molecule has 0 spiro atoms. The van der Waals surface area contributed by atoms with E-state index in [2.05, 4.69) is 6.92 Å². The van der Waals surface area contributed by atoms with Crippen molar-refractivity contribution in [3.63, 3.8) is 0 Å². The van der Waals surface area contributed by atoms with Gasteiger partial charge in [-0.25, -0.2) is 0 Å².